The molecule has 0 bridgehead atoms. The molecule has 1 aliphatic heterocycles. The van der Waals surface area contributed by atoms with Gasteiger partial charge in [0.2, 0.25) is 5.91 Å². The highest BCUT2D eigenvalue weighted by Gasteiger charge is 2.41. The molecule has 1 amide bonds. The Hall–Kier alpha value is -0.650. The maximum Gasteiger partial charge on any atom is 0.223 e. The van der Waals surface area contributed by atoms with Crippen molar-refractivity contribution < 1.29 is 14.3 Å². The molecule has 5 nitrogen and oxygen atoms in total. The van der Waals surface area contributed by atoms with Gasteiger partial charge in [-0.1, -0.05) is 0 Å². The summed E-state index contributed by atoms with van der Waals surface area (Å²) in [5, 5.41) is 3.03. The molecule has 2 aliphatic rings. The first kappa shape index (κ1) is 12.8. The van der Waals surface area contributed by atoms with Gasteiger partial charge in [0.15, 0.2) is 0 Å². The van der Waals surface area contributed by atoms with Crippen molar-refractivity contribution in [3.8, 4) is 0 Å². The van der Waals surface area contributed by atoms with Gasteiger partial charge in [-0.15, -0.1) is 0 Å². The van der Waals surface area contributed by atoms with Gasteiger partial charge in [-0.3, -0.25) is 4.79 Å². The molecule has 1 aliphatic carbocycles. The third kappa shape index (κ3) is 2.97. The Morgan fingerprint density at radius 2 is 2.18 bits per heavy atom. The molecule has 3 N–H and O–H groups in total. The Bertz CT molecular complexity index is 264. The first-order chi connectivity index (χ1) is 8.22. The zero-order chi connectivity index (χ0) is 12.3. The van der Waals surface area contributed by atoms with E-state index in [1.807, 2.05) is 6.92 Å². The standard InChI is InChI=1S/C12H22N2O3/c1-2-17-10-7-9(13)11(10)14-12(15)8-3-5-16-6-4-8/h8-11H,2-7,13H2,1H3,(H,14,15). The Morgan fingerprint density at radius 1 is 1.47 bits per heavy atom. The highest BCUT2D eigenvalue weighted by atomic mass is 16.5. The summed E-state index contributed by atoms with van der Waals surface area (Å²) in [7, 11) is 0. The number of nitrogens with one attached hydrogen (secondary N) is 1. The number of amides is 1. The lowest BCUT2D eigenvalue weighted by Crippen LogP contribution is -2.65. The van der Waals surface area contributed by atoms with Gasteiger partial charge in [-0.05, 0) is 26.2 Å². The van der Waals surface area contributed by atoms with E-state index in [0.29, 0.717) is 19.8 Å². The quantitative estimate of drug-likeness (QED) is 0.729. The molecule has 17 heavy (non-hydrogen) atoms. The summed E-state index contributed by atoms with van der Waals surface area (Å²) in [5.41, 5.74) is 5.90. The minimum atomic E-state index is -0.00899. The molecule has 1 saturated heterocycles. The molecular formula is C12H22N2O3. The summed E-state index contributed by atoms with van der Waals surface area (Å²) >= 11 is 0. The summed E-state index contributed by atoms with van der Waals surface area (Å²) in [6.45, 7) is 4.00. The minimum Gasteiger partial charge on any atom is -0.381 e. The SMILES string of the molecule is CCOC1CC(N)C1NC(=O)C1CCOCC1. The van der Waals surface area contributed by atoms with Gasteiger partial charge in [-0.25, -0.2) is 0 Å². The van der Waals surface area contributed by atoms with Crippen molar-refractivity contribution in [3.63, 3.8) is 0 Å². The average molecular weight is 242 g/mol. The van der Waals surface area contributed by atoms with Crippen LogP contribution in [0, 0.1) is 5.92 Å². The largest absolute Gasteiger partial charge is 0.381 e. The molecule has 2 rings (SSSR count). The van der Waals surface area contributed by atoms with Crippen LogP contribution in [0.1, 0.15) is 26.2 Å². The monoisotopic (exact) mass is 242 g/mol. The molecule has 0 aromatic carbocycles. The van der Waals surface area contributed by atoms with E-state index in [1.54, 1.807) is 0 Å². The van der Waals surface area contributed by atoms with Gasteiger partial charge in [0.05, 0.1) is 12.1 Å². The fraction of sp³-hybridized carbons (Fsp3) is 0.917. The minimum absolute atomic E-state index is 0.00899. The van der Waals surface area contributed by atoms with Crippen molar-refractivity contribution in [2.75, 3.05) is 19.8 Å². The van der Waals surface area contributed by atoms with Crippen LogP contribution in [0.25, 0.3) is 0 Å². The average Bonchev–Trinajstić information content (AvgIpc) is 2.36. The second-order valence-electron chi connectivity index (χ2n) is 4.81. The number of carbonyl (C=O) groups is 1. The molecule has 0 radical (unpaired) electrons. The predicted molar refractivity (Wildman–Crippen MR) is 63.5 cm³/mol. The lowest BCUT2D eigenvalue weighted by Gasteiger charge is -2.43. The van der Waals surface area contributed by atoms with E-state index in [-0.39, 0.29) is 30.0 Å². The van der Waals surface area contributed by atoms with Crippen molar-refractivity contribution in [2.45, 2.75) is 44.4 Å². The first-order valence-corrected chi connectivity index (χ1v) is 6.47. The second-order valence-corrected chi connectivity index (χ2v) is 4.81. The fourth-order valence-electron chi connectivity index (χ4n) is 2.47. The number of ether oxygens (including phenoxy) is 2. The van der Waals surface area contributed by atoms with Crippen molar-refractivity contribution in [1.82, 2.24) is 5.32 Å². The summed E-state index contributed by atoms with van der Waals surface area (Å²) in [4.78, 5) is 12.0. The van der Waals surface area contributed by atoms with E-state index in [4.69, 9.17) is 15.2 Å². The molecule has 3 unspecified atom stereocenters. The van der Waals surface area contributed by atoms with Gasteiger partial charge in [0.1, 0.15) is 0 Å². The predicted octanol–water partition coefficient (Wildman–Crippen LogP) is 0.0339. The van der Waals surface area contributed by atoms with Gasteiger partial charge in [0, 0.05) is 31.8 Å². The van der Waals surface area contributed by atoms with Gasteiger partial charge >= 0.3 is 0 Å². The van der Waals surface area contributed by atoms with E-state index in [1.165, 1.54) is 0 Å². The maximum atomic E-state index is 12.0. The lowest BCUT2D eigenvalue weighted by atomic mass is 9.83. The van der Waals surface area contributed by atoms with E-state index in [0.717, 1.165) is 19.3 Å². The zero-order valence-corrected chi connectivity index (χ0v) is 10.4. The van der Waals surface area contributed by atoms with E-state index >= 15 is 0 Å². The van der Waals surface area contributed by atoms with Crippen molar-refractivity contribution in [2.24, 2.45) is 11.7 Å². The topological polar surface area (TPSA) is 73.6 Å². The van der Waals surface area contributed by atoms with Crippen LogP contribution >= 0.6 is 0 Å². The third-order valence-electron chi connectivity index (χ3n) is 3.65. The van der Waals surface area contributed by atoms with Crippen molar-refractivity contribution in [3.05, 3.63) is 0 Å². The van der Waals surface area contributed by atoms with E-state index in [2.05, 4.69) is 5.32 Å². The molecule has 5 heteroatoms. The molecule has 0 aromatic rings. The zero-order valence-electron chi connectivity index (χ0n) is 10.4. The summed E-state index contributed by atoms with van der Waals surface area (Å²) < 4.78 is 10.8. The third-order valence-corrected chi connectivity index (χ3v) is 3.65. The second kappa shape index (κ2) is 5.80. The highest BCUT2D eigenvalue weighted by molar-refractivity contribution is 5.79. The van der Waals surface area contributed by atoms with Crippen LogP contribution in [0.15, 0.2) is 0 Å². The van der Waals surface area contributed by atoms with E-state index in [9.17, 15) is 4.79 Å². The van der Waals surface area contributed by atoms with Crippen molar-refractivity contribution in [1.29, 1.82) is 0 Å². The first-order valence-electron chi connectivity index (χ1n) is 6.47. The summed E-state index contributed by atoms with van der Waals surface area (Å²) in [6, 6.07) is 0.0284. The van der Waals surface area contributed by atoms with Crippen molar-refractivity contribution >= 4 is 5.91 Å². The number of nitrogens with two attached hydrogens (primary N) is 1. The lowest BCUT2D eigenvalue weighted by molar-refractivity contribution is -0.132. The van der Waals surface area contributed by atoms with Gasteiger partial charge in [0.25, 0.3) is 0 Å². The molecular weight excluding hydrogens is 220 g/mol. The van der Waals surface area contributed by atoms with Crippen LogP contribution in [-0.2, 0) is 14.3 Å². The van der Waals surface area contributed by atoms with Gasteiger partial charge in [-0.2, -0.15) is 0 Å². The molecule has 3 atom stereocenters. The number of hydrogen-bond acceptors (Lipinski definition) is 4. The summed E-state index contributed by atoms with van der Waals surface area (Å²) in [5.74, 6) is 0.192. The van der Waals surface area contributed by atoms with Gasteiger partial charge < -0.3 is 20.5 Å². The van der Waals surface area contributed by atoms with Crippen LogP contribution < -0.4 is 11.1 Å². The smallest absolute Gasteiger partial charge is 0.223 e. The highest BCUT2D eigenvalue weighted by Crippen LogP contribution is 2.24. The Kier molecular flexibility index (Phi) is 4.36. The molecule has 0 spiro atoms. The van der Waals surface area contributed by atoms with Crippen LogP contribution in [0.4, 0.5) is 0 Å². The number of rotatable bonds is 4. The molecule has 1 heterocycles. The molecule has 98 valence electrons. The Labute approximate surface area is 102 Å². The summed E-state index contributed by atoms with van der Waals surface area (Å²) in [6.07, 6.45) is 2.56. The van der Waals surface area contributed by atoms with Crippen LogP contribution in [0.5, 0.6) is 0 Å². The van der Waals surface area contributed by atoms with Crippen LogP contribution in [-0.4, -0.2) is 43.9 Å². The van der Waals surface area contributed by atoms with E-state index < -0.39 is 0 Å². The normalized spacial score (nSPS) is 34.1. The van der Waals surface area contributed by atoms with Crippen LogP contribution in [0.2, 0.25) is 0 Å². The fourth-order valence-corrected chi connectivity index (χ4v) is 2.47. The number of carbonyl (C=O) groups excluding carboxylic acids is 1. The van der Waals surface area contributed by atoms with Crippen LogP contribution in [0.3, 0.4) is 0 Å². The molecule has 0 aromatic heterocycles. The Morgan fingerprint density at radius 3 is 2.76 bits per heavy atom. The number of hydrogen-bond donors (Lipinski definition) is 2. The molecule has 2 fully saturated rings. The Balaban J connectivity index is 1.80. The maximum absolute atomic E-state index is 12.0. The molecule has 1 saturated carbocycles.